The summed E-state index contributed by atoms with van der Waals surface area (Å²) in [6, 6.07) is 15.8. The topological polar surface area (TPSA) is 256 Å². The predicted molar refractivity (Wildman–Crippen MR) is 364 cm³/mol. The third kappa shape index (κ3) is 26.7. The number of methoxy groups -OCH3 is 1. The summed E-state index contributed by atoms with van der Waals surface area (Å²) in [7, 11) is 3.33. The first kappa shape index (κ1) is 77.4. The molecule has 0 bridgehead atoms. The number of ether oxygens (including phenoxy) is 9. The molecule has 0 unspecified atom stereocenters. The maximum atomic E-state index is 14.0. The van der Waals surface area contributed by atoms with Gasteiger partial charge in [-0.25, -0.2) is 9.48 Å². The highest BCUT2D eigenvalue weighted by Crippen LogP contribution is 2.47. The standard InChI is InChI=1S/C68H100Cl2N10O15/c1-65(2,3)75(13)63(85)61-54-46-92-56-41-55(87-14)52(40-53(56)62(54)80(74-61)51-38-48(69)37-49(70)39-51)47-15-17-50(18-16-47)73-64(86)72-20-30-89-32-34-91-36-35-90-33-31-88-29-19-71-57(81)42-76-21-23-77(43-58(82)93-66(4,5)6)25-27-79(45-60(84)95-68(10,11)12)28-26-78(24-22-76)44-59(83)94-67(7,8)9/h15-18,37-41H,19-36,42-46H2,1-14H3,(H,71,81)(H2,72,73,86). The lowest BCUT2D eigenvalue weighted by Crippen LogP contribution is -2.50. The molecule has 27 heteroatoms. The minimum atomic E-state index is -0.671. The third-order valence-corrected chi connectivity index (χ3v) is 15.2. The molecule has 3 aromatic carbocycles. The van der Waals surface area contributed by atoms with Crippen molar-refractivity contribution in [3.63, 3.8) is 0 Å². The number of aromatic nitrogens is 2. The van der Waals surface area contributed by atoms with Crippen LogP contribution in [0.1, 0.15) is 99.1 Å². The number of fused-ring (bicyclic) bond motifs is 3. The van der Waals surface area contributed by atoms with Crippen molar-refractivity contribution in [1.29, 1.82) is 0 Å². The van der Waals surface area contributed by atoms with E-state index in [-0.39, 0.29) is 94.5 Å². The van der Waals surface area contributed by atoms with E-state index in [0.717, 1.165) is 11.1 Å². The van der Waals surface area contributed by atoms with Gasteiger partial charge < -0.3 is 63.5 Å². The summed E-state index contributed by atoms with van der Waals surface area (Å²) in [4.78, 5) is 89.0. The number of urea groups is 1. The maximum absolute atomic E-state index is 14.0. The number of halogens is 2. The zero-order chi connectivity index (χ0) is 69.7. The Labute approximate surface area is 569 Å². The molecule has 4 aromatic rings. The van der Waals surface area contributed by atoms with Gasteiger partial charge >= 0.3 is 23.9 Å². The molecule has 1 saturated heterocycles. The fraction of sp³-hybridized carbons (Fsp3) is 0.603. The van der Waals surface area contributed by atoms with Crippen LogP contribution in [0.2, 0.25) is 10.0 Å². The molecule has 0 aliphatic carbocycles. The van der Waals surface area contributed by atoms with E-state index in [0.29, 0.717) is 142 Å². The number of benzene rings is 3. The van der Waals surface area contributed by atoms with Gasteiger partial charge in [0.1, 0.15) is 34.9 Å². The average Bonchev–Trinajstić information content (AvgIpc) is 1.64. The second kappa shape index (κ2) is 36.1. The van der Waals surface area contributed by atoms with Crippen LogP contribution in [0.25, 0.3) is 28.1 Å². The molecule has 3 N–H and O–H groups in total. The SMILES string of the molecule is COc1cc2c(cc1-c1ccc(NC(=O)NCCOCCOCCOCCOCCNC(=O)CN3CCN(CC(=O)OC(C)(C)C)CCN(CC(=O)OC(C)(C)C)CCN(CC(=O)OC(C)(C)C)CC3)cc1)-c1c(c(C(=O)N(C)C(C)(C)C)nn1-c1cc(Cl)cc(Cl)c1)CO2. The van der Waals surface area contributed by atoms with Gasteiger partial charge in [0, 0.05) is 117 Å². The number of esters is 3. The molecule has 526 valence electrons. The first-order chi connectivity index (χ1) is 44.7. The lowest BCUT2D eigenvalue weighted by molar-refractivity contribution is -0.158. The molecule has 2 aliphatic rings. The Balaban J connectivity index is 0.876. The summed E-state index contributed by atoms with van der Waals surface area (Å²) >= 11 is 13.0. The quantitative estimate of drug-likeness (QED) is 0.0278. The summed E-state index contributed by atoms with van der Waals surface area (Å²) in [6.07, 6.45) is 0. The monoisotopic (exact) mass is 1370 g/mol. The second-order valence-electron chi connectivity index (χ2n) is 27.2. The molecular weight excluding hydrogens is 1270 g/mol. The molecule has 2 aliphatic heterocycles. The zero-order valence-corrected chi connectivity index (χ0v) is 59.5. The van der Waals surface area contributed by atoms with Gasteiger partial charge in [-0.3, -0.25) is 43.6 Å². The number of nitrogens with zero attached hydrogens (tertiary/aromatic N) is 7. The lowest BCUT2D eigenvalue weighted by Gasteiger charge is -2.34. The normalized spacial score (nSPS) is 14.9. The van der Waals surface area contributed by atoms with E-state index in [1.807, 2.05) is 127 Å². The van der Waals surface area contributed by atoms with Gasteiger partial charge in [0.15, 0.2) is 5.69 Å². The van der Waals surface area contributed by atoms with Crippen LogP contribution in [-0.2, 0) is 58.9 Å². The molecular formula is C68H100Cl2N10O15. The van der Waals surface area contributed by atoms with E-state index < -0.39 is 28.4 Å². The van der Waals surface area contributed by atoms with Crippen LogP contribution in [0.4, 0.5) is 10.5 Å². The van der Waals surface area contributed by atoms with E-state index in [1.165, 1.54) is 0 Å². The van der Waals surface area contributed by atoms with E-state index in [4.69, 9.17) is 70.9 Å². The largest absolute Gasteiger partial charge is 0.496 e. The summed E-state index contributed by atoms with van der Waals surface area (Å²) in [5.41, 5.74) is 2.37. The van der Waals surface area contributed by atoms with Crippen LogP contribution in [0.15, 0.2) is 54.6 Å². The van der Waals surface area contributed by atoms with Gasteiger partial charge in [-0.1, -0.05) is 35.3 Å². The van der Waals surface area contributed by atoms with Gasteiger partial charge in [-0.2, -0.15) is 5.10 Å². The minimum absolute atomic E-state index is 0.0265. The highest BCUT2D eigenvalue weighted by Gasteiger charge is 2.35. The molecule has 95 heavy (non-hydrogen) atoms. The van der Waals surface area contributed by atoms with Gasteiger partial charge in [0.2, 0.25) is 5.91 Å². The maximum Gasteiger partial charge on any atom is 0.320 e. The molecule has 3 heterocycles. The van der Waals surface area contributed by atoms with Crippen LogP contribution < -0.4 is 25.4 Å². The molecule has 0 atom stereocenters. The number of carbonyl (C=O) groups is 6. The number of amides is 4. The van der Waals surface area contributed by atoms with Crippen molar-refractivity contribution in [3.8, 4) is 39.6 Å². The van der Waals surface area contributed by atoms with Crippen LogP contribution in [0.5, 0.6) is 11.5 Å². The molecule has 0 saturated carbocycles. The molecule has 1 fully saturated rings. The van der Waals surface area contributed by atoms with E-state index in [2.05, 4.69) is 16.0 Å². The van der Waals surface area contributed by atoms with Crippen LogP contribution in [0.3, 0.4) is 0 Å². The summed E-state index contributed by atoms with van der Waals surface area (Å²) in [5.74, 6) is -0.491. The van der Waals surface area contributed by atoms with Crippen molar-refractivity contribution in [2.24, 2.45) is 0 Å². The molecule has 6 rings (SSSR count). The summed E-state index contributed by atoms with van der Waals surface area (Å²) < 4.78 is 53.5. The van der Waals surface area contributed by atoms with Crippen LogP contribution in [0, 0.1) is 0 Å². The van der Waals surface area contributed by atoms with Crippen LogP contribution in [-0.4, -0.2) is 251 Å². The molecule has 4 amide bonds. The van der Waals surface area contributed by atoms with Crippen molar-refractivity contribution in [3.05, 3.63) is 75.9 Å². The third-order valence-electron chi connectivity index (χ3n) is 14.8. The Bertz CT molecular complexity index is 3130. The Hall–Kier alpha value is -6.65. The Morgan fingerprint density at radius 3 is 1.42 bits per heavy atom. The smallest absolute Gasteiger partial charge is 0.320 e. The number of hydrogen-bond donors (Lipinski definition) is 3. The van der Waals surface area contributed by atoms with E-state index in [9.17, 15) is 28.8 Å². The molecule has 25 nitrogen and oxygen atoms in total. The van der Waals surface area contributed by atoms with Gasteiger partial charge in [0.25, 0.3) is 5.91 Å². The highest BCUT2D eigenvalue weighted by molar-refractivity contribution is 6.34. The van der Waals surface area contributed by atoms with E-state index in [1.54, 1.807) is 54.1 Å². The van der Waals surface area contributed by atoms with E-state index >= 15 is 0 Å². The number of anilines is 1. The number of carbonyl (C=O) groups excluding carboxylic acids is 6. The Morgan fingerprint density at radius 1 is 0.558 bits per heavy atom. The van der Waals surface area contributed by atoms with Gasteiger partial charge in [0.05, 0.1) is 97.5 Å². The number of nitrogens with one attached hydrogen (secondary N) is 3. The van der Waals surface area contributed by atoms with Crippen molar-refractivity contribution < 1.29 is 71.4 Å². The number of rotatable bonds is 28. The Kier molecular flexibility index (Phi) is 29.4. The zero-order valence-electron chi connectivity index (χ0n) is 58.0. The highest BCUT2D eigenvalue weighted by atomic mass is 35.5. The lowest BCUT2D eigenvalue weighted by atomic mass is 9.95. The van der Waals surface area contributed by atoms with Crippen molar-refractivity contribution in [2.75, 3.05) is 164 Å². The fourth-order valence-electron chi connectivity index (χ4n) is 10.1. The summed E-state index contributed by atoms with van der Waals surface area (Å²) in [6.45, 7) is 29.0. The van der Waals surface area contributed by atoms with Crippen molar-refractivity contribution >= 4 is 64.6 Å². The Morgan fingerprint density at radius 2 is 0.989 bits per heavy atom. The molecule has 1 aromatic heterocycles. The number of hydrogen-bond acceptors (Lipinski definition) is 20. The van der Waals surface area contributed by atoms with Gasteiger partial charge in [-0.05, 0) is 125 Å². The fourth-order valence-corrected chi connectivity index (χ4v) is 10.6. The first-order valence-electron chi connectivity index (χ1n) is 32.2. The van der Waals surface area contributed by atoms with Crippen LogP contribution >= 0.6 is 23.2 Å². The average molecular weight is 1370 g/mol. The predicted octanol–water partition coefficient (Wildman–Crippen LogP) is 7.84. The molecule has 0 radical (unpaired) electrons. The minimum Gasteiger partial charge on any atom is -0.496 e. The van der Waals surface area contributed by atoms with Crippen molar-refractivity contribution in [2.45, 2.75) is 112 Å². The molecule has 0 spiro atoms. The summed E-state index contributed by atoms with van der Waals surface area (Å²) in [5, 5.41) is 14.3. The first-order valence-corrected chi connectivity index (χ1v) is 33.0. The van der Waals surface area contributed by atoms with Gasteiger partial charge in [-0.15, -0.1) is 0 Å². The van der Waals surface area contributed by atoms with Crippen molar-refractivity contribution in [1.82, 2.24) is 44.9 Å². The second-order valence-corrected chi connectivity index (χ2v) is 28.1.